The van der Waals surface area contributed by atoms with E-state index in [1.807, 2.05) is 0 Å². The summed E-state index contributed by atoms with van der Waals surface area (Å²) in [6.07, 6.45) is 5.99. The third-order valence-electron chi connectivity index (χ3n) is 5.16. The zero-order valence-electron chi connectivity index (χ0n) is 13.0. The van der Waals surface area contributed by atoms with E-state index in [4.69, 9.17) is 0 Å². The van der Waals surface area contributed by atoms with Gasteiger partial charge < -0.3 is 10.6 Å². The number of hydrogen-bond donors (Lipinski definition) is 2. The lowest BCUT2D eigenvalue weighted by Crippen LogP contribution is -2.46. The highest BCUT2D eigenvalue weighted by Gasteiger charge is 2.47. The van der Waals surface area contributed by atoms with Gasteiger partial charge in [-0.3, -0.25) is 19.3 Å². The van der Waals surface area contributed by atoms with E-state index in [0.717, 1.165) is 51.6 Å². The van der Waals surface area contributed by atoms with Crippen molar-refractivity contribution in [2.75, 3.05) is 19.6 Å². The van der Waals surface area contributed by atoms with Gasteiger partial charge in [-0.1, -0.05) is 12.8 Å². The van der Waals surface area contributed by atoms with Gasteiger partial charge in [0.2, 0.25) is 17.7 Å². The summed E-state index contributed by atoms with van der Waals surface area (Å²) >= 11 is 0. The van der Waals surface area contributed by atoms with Crippen molar-refractivity contribution >= 4 is 17.7 Å². The molecule has 0 bridgehead atoms. The third kappa shape index (κ3) is 3.16. The molecule has 1 saturated carbocycles. The van der Waals surface area contributed by atoms with Gasteiger partial charge in [0.1, 0.15) is 0 Å². The molecule has 6 nitrogen and oxygen atoms in total. The number of amides is 3. The average Bonchev–Trinajstić information content (AvgIpc) is 2.78. The SMILES string of the molecule is O=C(CCN1C(=O)C2CCCCC2C1=O)N[C@H]1CCCNC1. The zero-order chi connectivity index (χ0) is 15.5. The Labute approximate surface area is 131 Å². The fourth-order valence-electron chi connectivity index (χ4n) is 3.94. The lowest BCUT2D eigenvalue weighted by Gasteiger charge is -2.24. The molecule has 0 aromatic carbocycles. The topological polar surface area (TPSA) is 78.5 Å². The minimum Gasteiger partial charge on any atom is -0.352 e. The van der Waals surface area contributed by atoms with Crippen LogP contribution in [0.2, 0.25) is 0 Å². The molecule has 3 fully saturated rings. The molecular weight excluding hydrogens is 282 g/mol. The molecular formula is C16H25N3O3. The number of piperidine rings is 1. The van der Waals surface area contributed by atoms with E-state index in [2.05, 4.69) is 10.6 Å². The fraction of sp³-hybridized carbons (Fsp3) is 0.812. The molecule has 2 unspecified atom stereocenters. The van der Waals surface area contributed by atoms with Crippen molar-refractivity contribution in [2.45, 2.75) is 51.0 Å². The quantitative estimate of drug-likeness (QED) is 0.738. The number of hydrogen-bond acceptors (Lipinski definition) is 4. The Morgan fingerprint density at radius 3 is 2.36 bits per heavy atom. The highest BCUT2D eigenvalue weighted by atomic mass is 16.2. The Bertz CT molecular complexity index is 436. The van der Waals surface area contributed by atoms with Gasteiger partial charge in [0, 0.05) is 25.6 Å². The molecule has 2 aliphatic heterocycles. The average molecular weight is 307 g/mol. The van der Waals surface area contributed by atoms with Crippen LogP contribution in [0.1, 0.15) is 44.9 Å². The Hall–Kier alpha value is -1.43. The lowest BCUT2D eigenvalue weighted by molar-refractivity contribution is -0.140. The normalized spacial score (nSPS) is 32.0. The maximum Gasteiger partial charge on any atom is 0.233 e. The predicted octanol–water partition coefficient (Wildman–Crippen LogP) is 0.420. The monoisotopic (exact) mass is 307 g/mol. The van der Waals surface area contributed by atoms with E-state index < -0.39 is 0 Å². The first kappa shape index (κ1) is 15.5. The van der Waals surface area contributed by atoms with E-state index in [9.17, 15) is 14.4 Å². The summed E-state index contributed by atoms with van der Waals surface area (Å²) in [7, 11) is 0. The van der Waals surface area contributed by atoms with Gasteiger partial charge in [-0.15, -0.1) is 0 Å². The summed E-state index contributed by atoms with van der Waals surface area (Å²) in [5, 5.41) is 6.24. The molecule has 0 aromatic rings. The Kier molecular flexibility index (Phi) is 4.76. The van der Waals surface area contributed by atoms with Gasteiger partial charge in [0.05, 0.1) is 11.8 Å². The van der Waals surface area contributed by atoms with Crippen molar-refractivity contribution in [1.29, 1.82) is 0 Å². The van der Waals surface area contributed by atoms with Crippen molar-refractivity contribution in [3.8, 4) is 0 Å². The molecule has 22 heavy (non-hydrogen) atoms. The first-order chi connectivity index (χ1) is 10.7. The molecule has 0 radical (unpaired) electrons. The molecule has 3 amide bonds. The van der Waals surface area contributed by atoms with Gasteiger partial charge in [0.15, 0.2) is 0 Å². The lowest BCUT2D eigenvalue weighted by atomic mass is 9.81. The van der Waals surface area contributed by atoms with E-state index in [1.54, 1.807) is 0 Å². The molecule has 1 aliphatic carbocycles. The minimum absolute atomic E-state index is 0.0539. The van der Waals surface area contributed by atoms with E-state index in [0.29, 0.717) is 0 Å². The largest absolute Gasteiger partial charge is 0.352 e. The first-order valence-electron chi connectivity index (χ1n) is 8.52. The van der Waals surface area contributed by atoms with E-state index in [1.165, 1.54) is 4.90 Å². The van der Waals surface area contributed by atoms with Gasteiger partial charge in [-0.05, 0) is 32.2 Å². The van der Waals surface area contributed by atoms with Crippen molar-refractivity contribution in [1.82, 2.24) is 15.5 Å². The number of nitrogens with one attached hydrogen (secondary N) is 2. The molecule has 0 aromatic heterocycles. The summed E-state index contributed by atoms with van der Waals surface area (Å²) in [5.41, 5.74) is 0. The summed E-state index contributed by atoms with van der Waals surface area (Å²) in [6, 6.07) is 0.175. The van der Waals surface area contributed by atoms with Crippen LogP contribution in [0.15, 0.2) is 0 Å². The Morgan fingerprint density at radius 2 is 1.77 bits per heavy atom. The smallest absolute Gasteiger partial charge is 0.233 e. The molecule has 0 spiro atoms. The van der Waals surface area contributed by atoms with Crippen LogP contribution in [-0.2, 0) is 14.4 Å². The Morgan fingerprint density at radius 1 is 1.09 bits per heavy atom. The maximum absolute atomic E-state index is 12.3. The highest BCUT2D eigenvalue weighted by Crippen LogP contribution is 2.37. The maximum atomic E-state index is 12.3. The summed E-state index contributed by atoms with van der Waals surface area (Å²) < 4.78 is 0. The van der Waals surface area contributed by atoms with Crippen LogP contribution in [0.5, 0.6) is 0 Å². The number of rotatable bonds is 4. The number of likely N-dealkylation sites (tertiary alicyclic amines) is 1. The molecule has 3 aliphatic rings. The van der Waals surface area contributed by atoms with Gasteiger partial charge in [-0.25, -0.2) is 0 Å². The van der Waals surface area contributed by atoms with Crippen LogP contribution < -0.4 is 10.6 Å². The zero-order valence-corrected chi connectivity index (χ0v) is 13.0. The minimum atomic E-state index is -0.119. The van der Waals surface area contributed by atoms with Gasteiger partial charge in [-0.2, -0.15) is 0 Å². The molecule has 2 heterocycles. The summed E-state index contributed by atoms with van der Waals surface area (Å²) in [4.78, 5) is 38.0. The first-order valence-corrected chi connectivity index (χ1v) is 8.52. The molecule has 2 N–H and O–H groups in total. The van der Waals surface area contributed by atoms with Gasteiger partial charge in [0.25, 0.3) is 0 Å². The molecule has 2 saturated heterocycles. The molecule has 3 atom stereocenters. The summed E-state index contributed by atoms with van der Waals surface area (Å²) in [6.45, 7) is 2.04. The number of carbonyl (C=O) groups excluding carboxylic acids is 3. The number of fused-ring (bicyclic) bond motifs is 1. The molecule has 6 heteroatoms. The van der Waals surface area contributed by atoms with Crippen molar-refractivity contribution in [3.63, 3.8) is 0 Å². The summed E-state index contributed by atoms with van der Waals surface area (Å²) in [5.74, 6) is -0.411. The van der Waals surface area contributed by atoms with Crippen LogP contribution in [-0.4, -0.2) is 48.3 Å². The third-order valence-corrected chi connectivity index (χ3v) is 5.16. The predicted molar refractivity (Wildman–Crippen MR) is 80.8 cm³/mol. The number of carbonyl (C=O) groups is 3. The van der Waals surface area contributed by atoms with E-state index in [-0.39, 0.29) is 48.6 Å². The number of imide groups is 1. The Balaban J connectivity index is 1.49. The van der Waals surface area contributed by atoms with Crippen LogP contribution in [0.3, 0.4) is 0 Å². The highest BCUT2D eigenvalue weighted by molar-refractivity contribution is 6.05. The molecule has 3 rings (SSSR count). The fourth-order valence-corrected chi connectivity index (χ4v) is 3.94. The standard InChI is InChI=1S/C16H25N3O3/c20-14(18-11-4-3-8-17-10-11)7-9-19-15(21)12-5-1-2-6-13(12)16(19)22/h11-13,17H,1-10H2,(H,18,20)/t11-,12?,13?/m0/s1. The number of nitrogens with zero attached hydrogens (tertiary/aromatic N) is 1. The van der Waals surface area contributed by atoms with Crippen LogP contribution >= 0.6 is 0 Å². The second-order valence-electron chi connectivity index (χ2n) is 6.69. The van der Waals surface area contributed by atoms with Crippen molar-refractivity contribution in [2.24, 2.45) is 11.8 Å². The van der Waals surface area contributed by atoms with E-state index >= 15 is 0 Å². The van der Waals surface area contributed by atoms with Gasteiger partial charge >= 0.3 is 0 Å². The van der Waals surface area contributed by atoms with Crippen molar-refractivity contribution < 1.29 is 14.4 Å². The second kappa shape index (κ2) is 6.77. The second-order valence-corrected chi connectivity index (χ2v) is 6.69. The van der Waals surface area contributed by atoms with Crippen molar-refractivity contribution in [3.05, 3.63) is 0 Å². The van der Waals surface area contributed by atoms with Crippen LogP contribution in [0.25, 0.3) is 0 Å². The van der Waals surface area contributed by atoms with Crippen LogP contribution in [0.4, 0.5) is 0 Å². The molecule has 122 valence electrons. The van der Waals surface area contributed by atoms with Crippen LogP contribution in [0, 0.1) is 11.8 Å².